The first-order valence-corrected chi connectivity index (χ1v) is 10.3. The Labute approximate surface area is 185 Å². The predicted octanol–water partition coefficient (Wildman–Crippen LogP) is 4.97. The molecule has 1 atom stereocenters. The van der Waals surface area contributed by atoms with Crippen LogP contribution in [0.3, 0.4) is 0 Å². The summed E-state index contributed by atoms with van der Waals surface area (Å²) < 4.78 is 5.57. The number of amides is 2. The van der Waals surface area contributed by atoms with Gasteiger partial charge in [-0.05, 0) is 43.2 Å². The number of nitrogens with zero attached hydrogens (tertiary/aromatic N) is 1. The van der Waals surface area contributed by atoms with Gasteiger partial charge in [0, 0.05) is 13.1 Å². The molecule has 2 amide bonds. The summed E-state index contributed by atoms with van der Waals surface area (Å²) in [4.78, 5) is 26.8. The molecule has 0 fully saturated rings. The number of carbonyl (C=O) groups is 2. The van der Waals surface area contributed by atoms with Gasteiger partial charge in [-0.2, -0.15) is 0 Å². The molecule has 0 radical (unpaired) electrons. The van der Waals surface area contributed by atoms with E-state index in [2.05, 4.69) is 5.32 Å². The molecule has 0 saturated carbocycles. The second-order valence-corrected chi connectivity index (χ2v) is 7.68. The van der Waals surface area contributed by atoms with Crippen LogP contribution in [0, 0.1) is 0 Å². The third-order valence-electron chi connectivity index (χ3n) is 4.24. The van der Waals surface area contributed by atoms with E-state index in [0.29, 0.717) is 27.4 Å². The van der Waals surface area contributed by atoms with Gasteiger partial charge in [0.05, 0.1) is 15.1 Å². The Morgan fingerprint density at radius 1 is 1.07 bits per heavy atom. The van der Waals surface area contributed by atoms with Gasteiger partial charge < -0.3 is 15.0 Å². The van der Waals surface area contributed by atoms with Gasteiger partial charge in [-0.1, -0.05) is 59.9 Å². The zero-order valence-electron chi connectivity index (χ0n) is 16.3. The Hall–Kier alpha value is -1.95. The van der Waals surface area contributed by atoms with Crippen LogP contribution in [0.4, 0.5) is 0 Å². The third-order valence-corrected chi connectivity index (χ3v) is 5.29. The lowest BCUT2D eigenvalue weighted by Crippen LogP contribution is -2.49. The molecule has 2 aromatic rings. The van der Waals surface area contributed by atoms with Crippen molar-refractivity contribution in [2.24, 2.45) is 0 Å². The first-order chi connectivity index (χ1) is 13.8. The number of hydrogen-bond donors (Lipinski definition) is 1. The molecule has 156 valence electrons. The van der Waals surface area contributed by atoms with Crippen molar-refractivity contribution in [1.29, 1.82) is 0 Å². The fourth-order valence-electron chi connectivity index (χ4n) is 2.60. The van der Waals surface area contributed by atoms with Crippen LogP contribution >= 0.6 is 34.8 Å². The van der Waals surface area contributed by atoms with E-state index in [-0.39, 0.29) is 25.0 Å². The van der Waals surface area contributed by atoms with Crippen LogP contribution in [0.2, 0.25) is 15.1 Å². The lowest BCUT2D eigenvalue weighted by Gasteiger charge is -2.29. The third kappa shape index (κ3) is 6.81. The minimum Gasteiger partial charge on any atom is -0.482 e. The number of nitrogens with one attached hydrogen (secondary N) is 1. The number of halogens is 3. The second kappa shape index (κ2) is 11.3. The van der Waals surface area contributed by atoms with Crippen molar-refractivity contribution in [1.82, 2.24) is 10.2 Å². The summed E-state index contributed by atoms with van der Waals surface area (Å²) in [5.41, 5.74) is 0.751. The van der Waals surface area contributed by atoms with Crippen LogP contribution < -0.4 is 10.1 Å². The van der Waals surface area contributed by atoms with Crippen LogP contribution in [-0.2, 0) is 16.1 Å². The van der Waals surface area contributed by atoms with Crippen LogP contribution in [-0.4, -0.2) is 35.9 Å². The van der Waals surface area contributed by atoms with Crippen molar-refractivity contribution < 1.29 is 14.3 Å². The predicted molar refractivity (Wildman–Crippen MR) is 117 cm³/mol. The van der Waals surface area contributed by atoms with Gasteiger partial charge in [0.25, 0.3) is 5.91 Å². The molecule has 0 aliphatic heterocycles. The van der Waals surface area contributed by atoms with E-state index in [1.54, 1.807) is 49.4 Å². The van der Waals surface area contributed by atoms with Crippen molar-refractivity contribution in [3.05, 3.63) is 63.1 Å². The largest absolute Gasteiger partial charge is 0.482 e. The van der Waals surface area contributed by atoms with Crippen LogP contribution in [0.25, 0.3) is 0 Å². The topological polar surface area (TPSA) is 58.6 Å². The number of carbonyl (C=O) groups excluding carboxylic acids is 2. The highest BCUT2D eigenvalue weighted by Crippen LogP contribution is 2.25. The first kappa shape index (κ1) is 23.3. The van der Waals surface area contributed by atoms with Crippen molar-refractivity contribution in [3.8, 4) is 5.75 Å². The number of benzene rings is 2. The molecule has 8 heteroatoms. The summed E-state index contributed by atoms with van der Waals surface area (Å²) in [5, 5.41) is 4.02. The lowest BCUT2D eigenvalue weighted by molar-refractivity contribution is -0.142. The highest BCUT2D eigenvalue weighted by atomic mass is 35.5. The molecule has 0 spiro atoms. The van der Waals surface area contributed by atoms with Crippen molar-refractivity contribution in [2.75, 3.05) is 13.2 Å². The monoisotopic (exact) mass is 456 g/mol. The van der Waals surface area contributed by atoms with Gasteiger partial charge >= 0.3 is 0 Å². The molecule has 1 N–H and O–H groups in total. The van der Waals surface area contributed by atoms with Gasteiger partial charge in [-0.25, -0.2) is 0 Å². The molecule has 2 rings (SSSR count). The molecule has 1 unspecified atom stereocenters. The maximum absolute atomic E-state index is 12.9. The normalized spacial score (nSPS) is 11.6. The zero-order chi connectivity index (χ0) is 21.4. The highest BCUT2D eigenvalue weighted by molar-refractivity contribution is 6.42. The first-order valence-electron chi connectivity index (χ1n) is 9.22. The molecular formula is C21H23Cl3N2O3. The minimum atomic E-state index is -0.696. The van der Waals surface area contributed by atoms with E-state index >= 15 is 0 Å². The van der Waals surface area contributed by atoms with Gasteiger partial charge in [-0.3, -0.25) is 9.59 Å². The Morgan fingerprint density at radius 2 is 1.79 bits per heavy atom. The molecule has 0 aliphatic rings. The second-order valence-electron chi connectivity index (χ2n) is 6.46. The summed E-state index contributed by atoms with van der Waals surface area (Å²) in [7, 11) is 0. The van der Waals surface area contributed by atoms with Crippen LogP contribution in [0.5, 0.6) is 5.75 Å². The minimum absolute atomic E-state index is 0.183. The quantitative estimate of drug-likeness (QED) is 0.578. The average Bonchev–Trinajstić information content (AvgIpc) is 2.71. The fourth-order valence-corrected chi connectivity index (χ4v) is 3.11. The molecule has 0 aliphatic carbocycles. The molecular weight excluding hydrogens is 435 g/mol. The Kier molecular flexibility index (Phi) is 9.08. The molecule has 0 aromatic heterocycles. The van der Waals surface area contributed by atoms with E-state index in [1.165, 1.54) is 4.90 Å². The zero-order valence-corrected chi connectivity index (χ0v) is 18.5. The molecule has 29 heavy (non-hydrogen) atoms. The van der Waals surface area contributed by atoms with E-state index in [1.807, 2.05) is 6.92 Å². The molecule has 0 bridgehead atoms. The highest BCUT2D eigenvalue weighted by Gasteiger charge is 2.26. The number of hydrogen-bond acceptors (Lipinski definition) is 3. The Morgan fingerprint density at radius 3 is 2.45 bits per heavy atom. The maximum atomic E-state index is 12.9. The van der Waals surface area contributed by atoms with Crippen LogP contribution in [0.1, 0.15) is 25.8 Å². The standard InChI is InChI=1S/C21H23Cl3N2O3/c1-3-10-25-21(28)14(2)26(12-15-8-9-16(22)18(24)11-15)20(27)13-29-19-7-5-4-6-17(19)23/h4-9,11,14H,3,10,12-13H2,1-2H3,(H,25,28). The van der Waals surface area contributed by atoms with Crippen molar-refractivity contribution >= 4 is 46.6 Å². The van der Waals surface area contributed by atoms with E-state index in [0.717, 1.165) is 12.0 Å². The van der Waals surface area contributed by atoms with E-state index < -0.39 is 6.04 Å². The molecule has 0 heterocycles. The van der Waals surface area contributed by atoms with E-state index in [4.69, 9.17) is 39.5 Å². The summed E-state index contributed by atoms with van der Waals surface area (Å²) in [5.74, 6) is -0.187. The van der Waals surface area contributed by atoms with E-state index in [9.17, 15) is 9.59 Å². The number of para-hydroxylation sites is 1. The van der Waals surface area contributed by atoms with Gasteiger partial charge in [0.2, 0.25) is 5.91 Å². The lowest BCUT2D eigenvalue weighted by atomic mass is 10.1. The molecule has 2 aromatic carbocycles. The summed E-state index contributed by atoms with van der Waals surface area (Å²) in [6.07, 6.45) is 0.800. The average molecular weight is 458 g/mol. The van der Waals surface area contributed by atoms with Gasteiger partial charge in [0.15, 0.2) is 6.61 Å². The SMILES string of the molecule is CCCNC(=O)C(C)N(Cc1ccc(Cl)c(Cl)c1)C(=O)COc1ccccc1Cl. The maximum Gasteiger partial charge on any atom is 0.261 e. The number of ether oxygens (including phenoxy) is 1. The molecule has 0 saturated heterocycles. The van der Waals surface area contributed by atoms with Crippen LogP contribution in [0.15, 0.2) is 42.5 Å². The fraction of sp³-hybridized carbons (Fsp3) is 0.333. The summed E-state index contributed by atoms with van der Waals surface area (Å²) in [6.45, 7) is 4.10. The van der Waals surface area contributed by atoms with Crippen molar-refractivity contribution in [3.63, 3.8) is 0 Å². The van der Waals surface area contributed by atoms with Crippen molar-refractivity contribution in [2.45, 2.75) is 32.9 Å². The smallest absolute Gasteiger partial charge is 0.261 e. The van der Waals surface area contributed by atoms with Gasteiger partial charge in [0.1, 0.15) is 11.8 Å². The number of rotatable bonds is 9. The Balaban J connectivity index is 2.17. The summed E-state index contributed by atoms with van der Waals surface area (Å²) >= 11 is 18.1. The molecule has 5 nitrogen and oxygen atoms in total. The summed E-state index contributed by atoms with van der Waals surface area (Å²) in [6, 6.07) is 11.3. The van der Waals surface area contributed by atoms with Gasteiger partial charge in [-0.15, -0.1) is 0 Å². The Bertz CT molecular complexity index is 861.